The third-order valence-electron chi connectivity index (χ3n) is 3.01. The highest BCUT2D eigenvalue weighted by Gasteiger charge is 1.97. The Hall–Kier alpha value is -2.43. The molecule has 2 aromatic rings. The van der Waals surface area contributed by atoms with Gasteiger partial charge in [-0.15, -0.1) is 0 Å². The van der Waals surface area contributed by atoms with Crippen molar-refractivity contribution in [3.8, 4) is 5.69 Å². The van der Waals surface area contributed by atoms with Crippen molar-refractivity contribution in [2.45, 2.75) is 26.2 Å². The fraction of sp³-hybridized carbons (Fsp3) is 0.312. The molecule has 21 heavy (non-hydrogen) atoms. The third-order valence-corrected chi connectivity index (χ3v) is 3.01. The first kappa shape index (κ1) is 15.0. The fourth-order valence-corrected chi connectivity index (χ4v) is 1.88. The van der Waals surface area contributed by atoms with E-state index in [1.165, 1.54) is 0 Å². The van der Waals surface area contributed by atoms with Gasteiger partial charge in [0.2, 0.25) is 0 Å². The maximum absolute atomic E-state index is 11.6. The number of amides is 2. The van der Waals surface area contributed by atoms with E-state index >= 15 is 0 Å². The molecule has 5 heteroatoms. The molecule has 0 saturated carbocycles. The summed E-state index contributed by atoms with van der Waals surface area (Å²) in [6.07, 6.45) is 6.61. The number of unbranched alkanes of at least 4 members (excludes halogenated alkanes) is 2. The highest BCUT2D eigenvalue weighted by molar-refractivity contribution is 5.74. The first-order valence-electron chi connectivity index (χ1n) is 7.22. The van der Waals surface area contributed by atoms with Crippen LogP contribution in [0.15, 0.2) is 53.8 Å². The van der Waals surface area contributed by atoms with Gasteiger partial charge in [-0.05, 0) is 24.6 Å². The predicted molar refractivity (Wildman–Crippen MR) is 82.1 cm³/mol. The van der Waals surface area contributed by atoms with Crippen LogP contribution in [0.5, 0.6) is 0 Å². The quantitative estimate of drug-likeness (QED) is 0.858. The van der Waals surface area contributed by atoms with Gasteiger partial charge in [0.25, 0.3) is 0 Å². The third kappa shape index (κ3) is 4.87. The summed E-state index contributed by atoms with van der Waals surface area (Å²) in [6, 6.07) is 11.2. The van der Waals surface area contributed by atoms with Gasteiger partial charge in [0.05, 0.1) is 17.2 Å². The van der Waals surface area contributed by atoms with Crippen molar-refractivity contribution in [3.05, 3.63) is 54.1 Å². The van der Waals surface area contributed by atoms with Crippen LogP contribution >= 0.6 is 0 Å². The maximum Gasteiger partial charge on any atom is 0.341 e. The summed E-state index contributed by atoms with van der Waals surface area (Å²) in [4.78, 5) is 15.6. The molecular weight excluding hydrogens is 264 g/mol. The van der Waals surface area contributed by atoms with Crippen LogP contribution in [-0.2, 0) is 0 Å². The topological polar surface area (TPSA) is 59.3 Å². The number of urea groups is 1. The average Bonchev–Trinajstić information content (AvgIpc) is 2.53. The second-order valence-electron chi connectivity index (χ2n) is 4.72. The van der Waals surface area contributed by atoms with Crippen molar-refractivity contribution in [1.29, 1.82) is 0 Å². The predicted octanol–water partition coefficient (Wildman–Crippen LogP) is 2.67. The van der Waals surface area contributed by atoms with Crippen molar-refractivity contribution in [3.63, 3.8) is 0 Å². The lowest BCUT2D eigenvalue weighted by Crippen LogP contribution is -2.23. The molecule has 5 nitrogen and oxygen atoms in total. The van der Waals surface area contributed by atoms with Crippen molar-refractivity contribution >= 4 is 6.03 Å². The molecule has 2 amide bonds. The lowest BCUT2D eigenvalue weighted by Gasteiger charge is -2.03. The zero-order valence-electron chi connectivity index (χ0n) is 12.2. The summed E-state index contributed by atoms with van der Waals surface area (Å²) in [5.41, 5.74) is 0.966. The number of rotatable bonds is 5. The van der Waals surface area contributed by atoms with E-state index in [0.29, 0.717) is 11.9 Å². The molecule has 1 aromatic carbocycles. The van der Waals surface area contributed by atoms with Crippen molar-refractivity contribution in [2.75, 3.05) is 6.54 Å². The molecule has 0 aliphatic carbocycles. The highest BCUT2D eigenvalue weighted by atomic mass is 16.2. The number of benzene rings is 1. The molecule has 0 bridgehead atoms. The molecule has 1 heterocycles. The lowest BCUT2D eigenvalue weighted by atomic mass is 10.2. The lowest BCUT2D eigenvalue weighted by molar-refractivity contribution is 0.248. The van der Waals surface area contributed by atoms with E-state index in [4.69, 9.17) is 0 Å². The second-order valence-corrected chi connectivity index (χ2v) is 4.72. The number of nitrogens with one attached hydrogen (secondary N) is 1. The van der Waals surface area contributed by atoms with Crippen LogP contribution < -0.4 is 10.7 Å². The normalized spacial score (nSPS) is 11.4. The van der Waals surface area contributed by atoms with E-state index in [9.17, 15) is 4.79 Å². The molecule has 0 unspecified atom stereocenters. The Kier molecular flexibility index (Phi) is 5.70. The van der Waals surface area contributed by atoms with Gasteiger partial charge in [-0.2, -0.15) is 10.1 Å². The summed E-state index contributed by atoms with van der Waals surface area (Å²) in [5, 5.41) is 7.58. The molecule has 110 valence electrons. The Morgan fingerprint density at radius 2 is 2.05 bits per heavy atom. The molecule has 1 aromatic heterocycles. The molecule has 0 fully saturated rings. The summed E-state index contributed by atoms with van der Waals surface area (Å²) >= 11 is 0. The second kappa shape index (κ2) is 7.99. The summed E-state index contributed by atoms with van der Waals surface area (Å²) < 4.78 is 1.73. The molecule has 1 N–H and O–H groups in total. The zero-order chi connectivity index (χ0) is 14.9. The Labute approximate surface area is 124 Å². The van der Waals surface area contributed by atoms with Crippen LogP contribution in [0, 0.1) is 0 Å². The van der Waals surface area contributed by atoms with Gasteiger partial charge in [0.15, 0.2) is 0 Å². The number of carbonyl (C=O) groups is 1. The molecule has 2 rings (SSSR count). The monoisotopic (exact) mass is 284 g/mol. The van der Waals surface area contributed by atoms with E-state index in [-0.39, 0.29) is 6.03 Å². The molecule has 0 spiro atoms. The summed E-state index contributed by atoms with van der Waals surface area (Å²) in [7, 11) is 0. The summed E-state index contributed by atoms with van der Waals surface area (Å²) in [6.45, 7) is 2.80. The number of para-hydroxylation sites is 1. The van der Waals surface area contributed by atoms with E-state index in [1.807, 2.05) is 30.3 Å². The Balaban J connectivity index is 1.98. The van der Waals surface area contributed by atoms with Crippen LogP contribution in [0.3, 0.4) is 0 Å². The Morgan fingerprint density at radius 1 is 1.24 bits per heavy atom. The van der Waals surface area contributed by atoms with E-state index in [0.717, 1.165) is 24.9 Å². The first-order chi connectivity index (χ1) is 10.3. The standard InChI is InChI=1S/C16H20N4O/c1-2-3-7-11-17-16(21)19-14-10-12-20(18-13-14)15-8-5-4-6-9-15/h4-6,8-10,12-13H,2-3,7,11H2,1H3,(H,17,21)/b19-14-. The first-order valence-corrected chi connectivity index (χ1v) is 7.22. The van der Waals surface area contributed by atoms with Crippen molar-refractivity contribution in [2.24, 2.45) is 4.99 Å². The Bertz CT molecular complexity index is 614. The summed E-state index contributed by atoms with van der Waals surface area (Å²) in [5.74, 6) is 0. The molecule has 0 atom stereocenters. The molecule has 0 radical (unpaired) electrons. The van der Waals surface area contributed by atoms with Gasteiger partial charge in [0.1, 0.15) is 0 Å². The van der Waals surface area contributed by atoms with Gasteiger partial charge in [-0.3, -0.25) is 0 Å². The maximum atomic E-state index is 11.6. The number of hydrogen-bond acceptors (Lipinski definition) is 2. The number of hydrogen-bond donors (Lipinski definition) is 1. The van der Waals surface area contributed by atoms with Crippen LogP contribution in [0.1, 0.15) is 26.2 Å². The Morgan fingerprint density at radius 3 is 2.71 bits per heavy atom. The highest BCUT2D eigenvalue weighted by Crippen LogP contribution is 2.02. The number of aromatic nitrogens is 2. The molecule has 0 aliphatic heterocycles. The minimum atomic E-state index is -0.314. The van der Waals surface area contributed by atoms with E-state index in [2.05, 4.69) is 22.3 Å². The smallest absolute Gasteiger partial charge is 0.336 e. The minimum Gasteiger partial charge on any atom is -0.336 e. The molecular formula is C16H20N4O. The van der Waals surface area contributed by atoms with Crippen molar-refractivity contribution < 1.29 is 4.79 Å². The minimum absolute atomic E-state index is 0.314. The van der Waals surface area contributed by atoms with Crippen LogP contribution in [0.2, 0.25) is 0 Å². The van der Waals surface area contributed by atoms with Gasteiger partial charge in [0, 0.05) is 12.7 Å². The van der Waals surface area contributed by atoms with Gasteiger partial charge >= 0.3 is 6.03 Å². The average molecular weight is 284 g/mol. The van der Waals surface area contributed by atoms with E-state index in [1.54, 1.807) is 23.1 Å². The van der Waals surface area contributed by atoms with Crippen LogP contribution in [0.25, 0.3) is 5.69 Å². The SMILES string of the molecule is CCCCCNC(=O)/N=c1/ccn(-c2ccccc2)nc1. The number of carbonyl (C=O) groups excluding carboxylic acids is 1. The number of nitrogens with zero attached hydrogens (tertiary/aromatic N) is 3. The van der Waals surface area contributed by atoms with Gasteiger partial charge < -0.3 is 5.32 Å². The van der Waals surface area contributed by atoms with Crippen molar-refractivity contribution in [1.82, 2.24) is 15.1 Å². The zero-order valence-corrected chi connectivity index (χ0v) is 12.2. The van der Waals surface area contributed by atoms with Gasteiger partial charge in [-0.25, -0.2) is 9.48 Å². The van der Waals surface area contributed by atoms with Crippen LogP contribution in [-0.4, -0.2) is 22.4 Å². The fourth-order valence-electron chi connectivity index (χ4n) is 1.88. The largest absolute Gasteiger partial charge is 0.341 e. The van der Waals surface area contributed by atoms with Gasteiger partial charge in [-0.1, -0.05) is 38.0 Å². The van der Waals surface area contributed by atoms with E-state index < -0.39 is 0 Å². The van der Waals surface area contributed by atoms with Crippen LogP contribution in [0.4, 0.5) is 4.79 Å². The molecule has 0 saturated heterocycles. The molecule has 0 aliphatic rings.